The number of hydrogen-bond acceptors (Lipinski definition) is 1. The van der Waals surface area contributed by atoms with Crippen molar-refractivity contribution in [2.45, 2.75) is 19.4 Å². The Kier molecular flexibility index (Phi) is 5.64. The van der Waals surface area contributed by atoms with E-state index in [2.05, 4.69) is 27.9 Å². The molecule has 5 heteroatoms. The van der Waals surface area contributed by atoms with Crippen LogP contribution < -0.4 is 5.32 Å². The lowest BCUT2D eigenvalue weighted by atomic mass is 9.97. The van der Waals surface area contributed by atoms with Gasteiger partial charge in [0.2, 0.25) is 0 Å². The Morgan fingerprint density at radius 3 is 2.14 bits per heavy atom. The molecule has 1 unspecified atom stereocenters. The van der Waals surface area contributed by atoms with Crippen LogP contribution in [0, 0.1) is 21.0 Å². The topological polar surface area (TPSA) is 12.0 Å². The highest BCUT2D eigenvalue weighted by molar-refractivity contribution is 14.1. The summed E-state index contributed by atoms with van der Waals surface area (Å²) in [6.45, 7) is 2.57. The summed E-state index contributed by atoms with van der Waals surface area (Å²) in [5.74, 6) is -2.66. The fourth-order valence-corrected chi connectivity index (χ4v) is 2.52. The Labute approximate surface area is 135 Å². The molecule has 0 amide bonds. The molecule has 0 fully saturated rings. The van der Waals surface area contributed by atoms with E-state index in [0.717, 1.165) is 15.6 Å². The van der Waals surface area contributed by atoms with Gasteiger partial charge in [0.1, 0.15) is 17.5 Å². The Balaban J connectivity index is 2.47. The van der Waals surface area contributed by atoms with Crippen molar-refractivity contribution in [3.63, 3.8) is 0 Å². The van der Waals surface area contributed by atoms with Crippen LogP contribution >= 0.6 is 22.6 Å². The molecular weight excluding hydrogens is 390 g/mol. The maximum atomic E-state index is 14.0. The minimum atomic E-state index is -0.911. The van der Waals surface area contributed by atoms with Gasteiger partial charge < -0.3 is 5.32 Å². The first kappa shape index (κ1) is 16.3. The second kappa shape index (κ2) is 7.26. The zero-order chi connectivity index (χ0) is 15.4. The van der Waals surface area contributed by atoms with Gasteiger partial charge in [0.15, 0.2) is 0 Å². The molecule has 1 N–H and O–H groups in total. The molecule has 0 aromatic heterocycles. The number of benzene rings is 2. The van der Waals surface area contributed by atoms with E-state index >= 15 is 0 Å². The third-order valence-corrected chi connectivity index (χ3v) is 3.85. The van der Waals surface area contributed by atoms with Crippen molar-refractivity contribution in [3.05, 3.63) is 68.5 Å². The van der Waals surface area contributed by atoms with E-state index in [1.165, 1.54) is 0 Å². The van der Waals surface area contributed by atoms with Gasteiger partial charge in [-0.25, -0.2) is 13.2 Å². The highest BCUT2D eigenvalue weighted by atomic mass is 127. The lowest BCUT2D eigenvalue weighted by Crippen LogP contribution is -2.25. The van der Waals surface area contributed by atoms with E-state index in [9.17, 15) is 13.2 Å². The van der Waals surface area contributed by atoms with Gasteiger partial charge in [-0.1, -0.05) is 19.1 Å². The van der Waals surface area contributed by atoms with Crippen LogP contribution in [0.25, 0.3) is 0 Å². The lowest BCUT2D eigenvalue weighted by molar-refractivity contribution is 0.486. The molecule has 0 bridgehead atoms. The maximum Gasteiger partial charge on any atom is 0.134 e. The number of hydrogen-bond donors (Lipinski definition) is 1. The number of rotatable bonds is 5. The molecule has 21 heavy (non-hydrogen) atoms. The highest BCUT2D eigenvalue weighted by Crippen LogP contribution is 2.28. The van der Waals surface area contributed by atoms with Crippen molar-refractivity contribution in [3.8, 4) is 0 Å². The SMILES string of the molecule is CCCNC(c1ccc(I)cc1)c1c(F)cc(F)cc1F. The van der Waals surface area contributed by atoms with Crippen LogP contribution in [0.3, 0.4) is 0 Å². The van der Waals surface area contributed by atoms with Crippen LogP contribution in [0.2, 0.25) is 0 Å². The molecule has 0 radical (unpaired) electrons. The van der Waals surface area contributed by atoms with Crippen molar-refractivity contribution in [1.82, 2.24) is 5.32 Å². The number of nitrogens with one attached hydrogen (secondary N) is 1. The quantitative estimate of drug-likeness (QED) is 0.705. The average Bonchev–Trinajstić information content (AvgIpc) is 2.42. The van der Waals surface area contributed by atoms with E-state index in [4.69, 9.17) is 0 Å². The zero-order valence-corrected chi connectivity index (χ0v) is 13.6. The third kappa shape index (κ3) is 3.97. The van der Waals surface area contributed by atoms with Gasteiger partial charge in [-0.2, -0.15) is 0 Å². The summed E-state index contributed by atoms with van der Waals surface area (Å²) in [5.41, 5.74) is 0.597. The summed E-state index contributed by atoms with van der Waals surface area (Å²) in [4.78, 5) is 0. The summed E-state index contributed by atoms with van der Waals surface area (Å²) in [5, 5.41) is 3.12. The van der Waals surface area contributed by atoms with Gasteiger partial charge in [0.25, 0.3) is 0 Å². The molecule has 0 saturated carbocycles. The van der Waals surface area contributed by atoms with Gasteiger partial charge in [-0.15, -0.1) is 0 Å². The van der Waals surface area contributed by atoms with E-state index < -0.39 is 23.5 Å². The van der Waals surface area contributed by atoms with Gasteiger partial charge in [0, 0.05) is 21.3 Å². The van der Waals surface area contributed by atoms with Crippen LogP contribution in [0.4, 0.5) is 13.2 Å². The second-order valence-corrected chi connectivity index (χ2v) is 5.97. The molecule has 1 nitrogen and oxygen atoms in total. The Morgan fingerprint density at radius 1 is 1.05 bits per heavy atom. The standard InChI is InChI=1S/C16H15F3IN/c1-2-7-21-16(10-3-5-12(20)6-4-10)15-13(18)8-11(17)9-14(15)19/h3-6,8-9,16,21H,2,7H2,1H3. The van der Waals surface area contributed by atoms with E-state index in [1.54, 1.807) is 0 Å². The fraction of sp³-hybridized carbons (Fsp3) is 0.250. The first-order valence-corrected chi connectivity index (χ1v) is 7.74. The van der Waals surface area contributed by atoms with Crippen molar-refractivity contribution >= 4 is 22.6 Å². The first-order chi connectivity index (χ1) is 10.0. The number of halogens is 4. The predicted octanol–water partition coefficient (Wildman–Crippen LogP) is 4.80. The summed E-state index contributed by atoms with van der Waals surface area (Å²) in [7, 11) is 0. The minimum Gasteiger partial charge on any atom is -0.306 e. The first-order valence-electron chi connectivity index (χ1n) is 6.66. The molecule has 1 atom stereocenters. The normalized spacial score (nSPS) is 12.4. The summed E-state index contributed by atoms with van der Waals surface area (Å²) in [6.07, 6.45) is 0.825. The molecule has 0 heterocycles. The summed E-state index contributed by atoms with van der Waals surface area (Å²) < 4.78 is 42.2. The molecule has 0 spiro atoms. The Morgan fingerprint density at radius 2 is 1.62 bits per heavy atom. The molecule has 0 aliphatic heterocycles. The monoisotopic (exact) mass is 405 g/mol. The lowest BCUT2D eigenvalue weighted by Gasteiger charge is -2.21. The van der Waals surface area contributed by atoms with Gasteiger partial charge >= 0.3 is 0 Å². The smallest absolute Gasteiger partial charge is 0.134 e. The average molecular weight is 405 g/mol. The molecule has 0 saturated heterocycles. The van der Waals surface area contributed by atoms with Gasteiger partial charge in [-0.3, -0.25) is 0 Å². The Bertz CT molecular complexity index is 590. The van der Waals surface area contributed by atoms with Crippen LogP contribution in [-0.2, 0) is 0 Å². The van der Waals surface area contributed by atoms with Gasteiger partial charge in [-0.05, 0) is 53.3 Å². The third-order valence-electron chi connectivity index (χ3n) is 3.13. The summed E-state index contributed by atoms with van der Waals surface area (Å²) >= 11 is 2.16. The molecule has 0 aliphatic rings. The minimum absolute atomic E-state index is 0.147. The molecule has 2 aromatic rings. The van der Waals surface area contributed by atoms with Crippen LogP contribution in [0.5, 0.6) is 0 Å². The maximum absolute atomic E-state index is 14.0. The van der Waals surface area contributed by atoms with Crippen molar-refractivity contribution in [2.75, 3.05) is 6.54 Å². The predicted molar refractivity (Wildman–Crippen MR) is 85.6 cm³/mol. The fourth-order valence-electron chi connectivity index (χ4n) is 2.16. The largest absolute Gasteiger partial charge is 0.306 e. The highest BCUT2D eigenvalue weighted by Gasteiger charge is 2.22. The van der Waals surface area contributed by atoms with Gasteiger partial charge in [0.05, 0.1) is 6.04 Å². The van der Waals surface area contributed by atoms with Crippen LogP contribution in [-0.4, -0.2) is 6.54 Å². The second-order valence-electron chi connectivity index (χ2n) is 4.72. The summed E-state index contributed by atoms with van der Waals surface area (Å²) in [6, 6.07) is 8.17. The molecule has 112 valence electrons. The molecule has 2 aromatic carbocycles. The molecule has 2 rings (SSSR count). The van der Waals surface area contributed by atoms with Crippen LogP contribution in [0.1, 0.15) is 30.5 Å². The zero-order valence-electron chi connectivity index (χ0n) is 11.5. The van der Waals surface area contributed by atoms with Crippen LogP contribution in [0.15, 0.2) is 36.4 Å². The van der Waals surface area contributed by atoms with E-state index in [-0.39, 0.29) is 5.56 Å². The van der Waals surface area contributed by atoms with Crippen molar-refractivity contribution in [1.29, 1.82) is 0 Å². The van der Waals surface area contributed by atoms with Crippen molar-refractivity contribution < 1.29 is 13.2 Å². The van der Waals surface area contributed by atoms with Crippen molar-refractivity contribution in [2.24, 2.45) is 0 Å². The molecular formula is C16H15F3IN. The van der Waals surface area contributed by atoms with E-state index in [0.29, 0.717) is 18.7 Å². The van der Waals surface area contributed by atoms with E-state index in [1.807, 2.05) is 31.2 Å². The molecule has 0 aliphatic carbocycles. The Hall–Kier alpha value is -1.08.